The Kier molecular flexibility index (Phi) is 4.79. The summed E-state index contributed by atoms with van der Waals surface area (Å²) in [6.07, 6.45) is 5.63. The van der Waals surface area contributed by atoms with Gasteiger partial charge in [0.2, 0.25) is 0 Å². The summed E-state index contributed by atoms with van der Waals surface area (Å²) >= 11 is 0. The molecule has 1 aliphatic rings. The minimum atomic E-state index is -0.0338. The van der Waals surface area contributed by atoms with Crippen molar-refractivity contribution in [3.63, 3.8) is 0 Å². The third-order valence-corrected chi connectivity index (χ3v) is 5.38. The van der Waals surface area contributed by atoms with Crippen LogP contribution in [0.15, 0.2) is 67.1 Å². The average Bonchev–Trinajstić information content (AvgIpc) is 3.21. The Bertz CT molecular complexity index is 1130. The number of pyridine rings is 2. The van der Waals surface area contributed by atoms with Gasteiger partial charge < -0.3 is 4.74 Å². The van der Waals surface area contributed by atoms with Crippen molar-refractivity contribution < 1.29 is 4.74 Å². The number of morpholine rings is 1. The third kappa shape index (κ3) is 3.77. The zero-order chi connectivity index (χ0) is 19.6. The molecule has 29 heavy (non-hydrogen) atoms. The number of benzene rings is 1. The summed E-state index contributed by atoms with van der Waals surface area (Å²) in [5.74, 6) is 0. The maximum absolute atomic E-state index is 6.08. The molecule has 0 unspecified atom stereocenters. The van der Waals surface area contributed by atoms with Gasteiger partial charge in [-0.1, -0.05) is 24.3 Å². The molecular weight excluding hydrogens is 362 g/mol. The van der Waals surface area contributed by atoms with Crippen LogP contribution < -0.4 is 0 Å². The van der Waals surface area contributed by atoms with Gasteiger partial charge in [0.1, 0.15) is 6.10 Å². The highest BCUT2D eigenvalue weighted by Crippen LogP contribution is 2.26. The lowest BCUT2D eigenvalue weighted by Gasteiger charge is -2.33. The molecule has 146 valence electrons. The predicted molar refractivity (Wildman–Crippen MR) is 112 cm³/mol. The van der Waals surface area contributed by atoms with Crippen LogP contribution in [0.3, 0.4) is 0 Å². The van der Waals surface area contributed by atoms with Crippen LogP contribution in [0.2, 0.25) is 0 Å². The molecule has 0 N–H and O–H groups in total. The Labute approximate surface area is 169 Å². The largest absolute Gasteiger partial charge is 0.369 e. The molecule has 4 aromatic rings. The van der Waals surface area contributed by atoms with Crippen molar-refractivity contribution >= 4 is 10.9 Å². The van der Waals surface area contributed by atoms with Crippen molar-refractivity contribution in [2.24, 2.45) is 7.05 Å². The van der Waals surface area contributed by atoms with E-state index in [9.17, 15) is 0 Å². The zero-order valence-electron chi connectivity index (χ0n) is 16.4. The monoisotopic (exact) mass is 385 g/mol. The van der Waals surface area contributed by atoms with Crippen molar-refractivity contribution in [1.82, 2.24) is 24.6 Å². The summed E-state index contributed by atoms with van der Waals surface area (Å²) in [5, 5.41) is 5.47. The number of hydrogen-bond donors (Lipinski definition) is 0. The maximum Gasteiger partial charge on any atom is 0.112 e. The maximum atomic E-state index is 6.08. The van der Waals surface area contributed by atoms with Crippen LogP contribution in [0.5, 0.6) is 0 Å². The van der Waals surface area contributed by atoms with E-state index in [0.29, 0.717) is 6.61 Å². The van der Waals surface area contributed by atoms with Crippen molar-refractivity contribution in [1.29, 1.82) is 0 Å². The lowest BCUT2D eigenvalue weighted by molar-refractivity contribution is -0.0348. The normalized spacial score (nSPS) is 17.6. The first-order valence-electron chi connectivity index (χ1n) is 9.89. The average molecular weight is 385 g/mol. The lowest BCUT2D eigenvalue weighted by atomic mass is 10.1. The molecule has 0 radical (unpaired) electrons. The molecule has 1 atom stereocenters. The predicted octanol–water partition coefficient (Wildman–Crippen LogP) is 3.60. The van der Waals surface area contributed by atoms with Crippen LogP contribution in [0.4, 0.5) is 0 Å². The molecule has 0 saturated carbocycles. The lowest BCUT2D eigenvalue weighted by Crippen LogP contribution is -2.38. The molecule has 6 heteroatoms. The third-order valence-electron chi connectivity index (χ3n) is 5.38. The van der Waals surface area contributed by atoms with E-state index in [-0.39, 0.29) is 6.10 Å². The molecule has 4 heterocycles. The van der Waals surface area contributed by atoms with Gasteiger partial charge >= 0.3 is 0 Å². The van der Waals surface area contributed by atoms with E-state index in [4.69, 9.17) is 9.72 Å². The SMILES string of the molecule is Cn1cc(-c2cccc([C@H]3CN(Cc4cccc5ncccc45)CCO3)n2)cn1. The molecule has 1 fully saturated rings. The second-order valence-electron chi connectivity index (χ2n) is 7.43. The second-order valence-corrected chi connectivity index (χ2v) is 7.43. The van der Waals surface area contributed by atoms with E-state index in [0.717, 1.165) is 42.1 Å². The van der Waals surface area contributed by atoms with Crippen LogP contribution in [0, 0.1) is 0 Å². The van der Waals surface area contributed by atoms with E-state index in [1.807, 2.05) is 43.8 Å². The van der Waals surface area contributed by atoms with Gasteiger partial charge in [-0.15, -0.1) is 0 Å². The smallest absolute Gasteiger partial charge is 0.112 e. The van der Waals surface area contributed by atoms with Crippen molar-refractivity contribution in [2.75, 3.05) is 19.7 Å². The number of rotatable bonds is 4. The van der Waals surface area contributed by atoms with Crippen LogP contribution in [-0.2, 0) is 18.3 Å². The molecule has 0 bridgehead atoms. The van der Waals surface area contributed by atoms with E-state index in [2.05, 4.69) is 45.3 Å². The van der Waals surface area contributed by atoms with E-state index in [1.54, 1.807) is 4.68 Å². The van der Waals surface area contributed by atoms with Gasteiger partial charge in [0.25, 0.3) is 0 Å². The summed E-state index contributed by atoms with van der Waals surface area (Å²) in [4.78, 5) is 11.8. The summed E-state index contributed by atoms with van der Waals surface area (Å²) < 4.78 is 7.87. The Balaban J connectivity index is 1.36. The molecule has 1 aromatic carbocycles. The fraction of sp³-hybridized carbons (Fsp3) is 0.261. The van der Waals surface area contributed by atoms with Crippen LogP contribution in [-0.4, -0.2) is 44.3 Å². The number of hydrogen-bond acceptors (Lipinski definition) is 5. The summed E-state index contributed by atoms with van der Waals surface area (Å²) in [6, 6.07) is 16.6. The highest BCUT2D eigenvalue weighted by molar-refractivity contribution is 5.81. The fourth-order valence-electron chi connectivity index (χ4n) is 3.92. The van der Waals surface area contributed by atoms with Gasteiger partial charge in [0, 0.05) is 50.0 Å². The van der Waals surface area contributed by atoms with Gasteiger partial charge in [-0.25, -0.2) is 4.98 Å². The molecule has 3 aromatic heterocycles. The van der Waals surface area contributed by atoms with Crippen LogP contribution in [0.25, 0.3) is 22.2 Å². The van der Waals surface area contributed by atoms with Gasteiger partial charge in [0.05, 0.1) is 29.7 Å². The highest BCUT2D eigenvalue weighted by atomic mass is 16.5. The summed E-state index contributed by atoms with van der Waals surface area (Å²) in [5.41, 5.74) is 5.26. The zero-order valence-corrected chi connectivity index (χ0v) is 16.4. The molecule has 6 nitrogen and oxygen atoms in total. The fourth-order valence-corrected chi connectivity index (χ4v) is 3.92. The van der Waals surface area contributed by atoms with Crippen LogP contribution >= 0.6 is 0 Å². The number of nitrogens with zero attached hydrogens (tertiary/aromatic N) is 5. The quantitative estimate of drug-likeness (QED) is 0.537. The van der Waals surface area contributed by atoms with E-state index in [1.165, 1.54) is 10.9 Å². The van der Waals surface area contributed by atoms with Gasteiger partial charge in [0.15, 0.2) is 0 Å². The van der Waals surface area contributed by atoms with Gasteiger partial charge in [-0.2, -0.15) is 5.10 Å². The number of aryl methyl sites for hydroxylation is 1. The highest BCUT2D eigenvalue weighted by Gasteiger charge is 2.24. The second kappa shape index (κ2) is 7.73. The van der Waals surface area contributed by atoms with Gasteiger partial charge in [-0.3, -0.25) is 14.6 Å². The molecule has 0 aliphatic carbocycles. The number of fused-ring (bicyclic) bond motifs is 1. The minimum absolute atomic E-state index is 0.0338. The molecule has 5 rings (SSSR count). The first-order chi connectivity index (χ1) is 14.3. The summed E-state index contributed by atoms with van der Waals surface area (Å²) in [6.45, 7) is 3.31. The van der Waals surface area contributed by atoms with Crippen molar-refractivity contribution in [3.05, 3.63) is 78.4 Å². The summed E-state index contributed by atoms with van der Waals surface area (Å²) in [7, 11) is 1.91. The standard InChI is InChI=1S/C23H23N5O/c1-27-14-18(13-25-27)20-7-3-9-22(26-20)23-16-28(11-12-29-23)15-17-5-2-8-21-19(17)6-4-10-24-21/h2-10,13-14,23H,11-12,15-16H2,1H3/t23-/m1/s1. The number of ether oxygens (including phenoxy) is 1. The topological polar surface area (TPSA) is 56.1 Å². The van der Waals surface area contributed by atoms with Crippen LogP contribution in [0.1, 0.15) is 17.4 Å². The molecule has 0 amide bonds. The first kappa shape index (κ1) is 18.0. The minimum Gasteiger partial charge on any atom is -0.369 e. The Morgan fingerprint density at radius 3 is 2.93 bits per heavy atom. The van der Waals surface area contributed by atoms with E-state index >= 15 is 0 Å². The van der Waals surface area contributed by atoms with Crippen molar-refractivity contribution in [2.45, 2.75) is 12.6 Å². The molecular formula is C23H23N5O. The Morgan fingerprint density at radius 1 is 1.10 bits per heavy atom. The Morgan fingerprint density at radius 2 is 2.03 bits per heavy atom. The number of aromatic nitrogens is 4. The Hall–Kier alpha value is -3.09. The molecule has 0 spiro atoms. The molecule has 1 aliphatic heterocycles. The van der Waals surface area contributed by atoms with E-state index < -0.39 is 0 Å². The molecule has 1 saturated heterocycles. The first-order valence-corrected chi connectivity index (χ1v) is 9.89. The van der Waals surface area contributed by atoms with Crippen molar-refractivity contribution in [3.8, 4) is 11.3 Å². The van der Waals surface area contributed by atoms with Gasteiger partial charge in [-0.05, 0) is 29.8 Å².